The predicted molar refractivity (Wildman–Crippen MR) is 125 cm³/mol. The molecule has 1 amide bonds. The van der Waals surface area contributed by atoms with E-state index < -0.39 is 76.1 Å². The molecule has 0 bridgehead atoms. The summed E-state index contributed by atoms with van der Waals surface area (Å²) in [5.74, 6) is -4.54. The largest absolute Gasteiger partial charge is 0.417 e. The molecule has 214 valence electrons. The Hall–Kier alpha value is -3.81. The van der Waals surface area contributed by atoms with E-state index in [-0.39, 0.29) is 31.1 Å². The fourth-order valence-electron chi connectivity index (χ4n) is 4.16. The van der Waals surface area contributed by atoms with E-state index in [4.69, 9.17) is 4.74 Å². The summed E-state index contributed by atoms with van der Waals surface area (Å²) in [6.45, 7) is 0.603. The minimum Gasteiger partial charge on any atom is -0.373 e. The maximum atomic E-state index is 15.3. The Kier molecular flexibility index (Phi) is 8.01. The van der Waals surface area contributed by atoms with Gasteiger partial charge in [0.1, 0.15) is 11.6 Å². The molecular formula is C26H21F8N3O3. The van der Waals surface area contributed by atoms with Crippen LogP contribution in [0.3, 0.4) is 0 Å². The molecule has 3 aromatic rings. The number of nitrogens with one attached hydrogen (secondary N) is 2. The van der Waals surface area contributed by atoms with Gasteiger partial charge in [0.25, 0.3) is 5.56 Å². The average molecular weight is 575 g/mol. The van der Waals surface area contributed by atoms with E-state index in [9.17, 15) is 40.3 Å². The van der Waals surface area contributed by atoms with E-state index in [1.807, 2.05) is 4.98 Å². The molecule has 0 spiro atoms. The predicted octanol–water partition coefficient (Wildman–Crippen LogP) is 5.67. The van der Waals surface area contributed by atoms with Crippen molar-refractivity contribution >= 4 is 5.91 Å². The Bertz CT molecular complexity index is 1460. The number of aromatic nitrogens is 2. The number of alkyl halides is 6. The summed E-state index contributed by atoms with van der Waals surface area (Å²) in [4.78, 5) is 29.6. The van der Waals surface area contributed by atoms with Crippen molar-refractivity contribution in [1.29, 1.82) is 0 Å². The Morgan fingerprint density at radius 2 is 1.65 bits per heavy atom. The third kappa shape index (κ3) is 6.32. The number of aromatic amines is 1. The first-order chi connectivity index (χ1) is 18.6. The molecule has 0 unspecified atom stereocenters. The van der Waals surface area contributed by atoms with Crippen LogP contribution < -0.4 is 10.9 Å². The number of halogens is 8. The molecule has 4 rings (SSSR count). The van der Waals surface area contributed by atoms with Crippen LogP contribution in [0.4, 0.5) is 35.1 Å². The third-order valence-corrected chi connectivity index (χ3v) is 6.48. The zero-order valence-electron chi connectivity index (χ0n) is 20.6. The Balaban J connectivity index is 1.38. The first-order valence-corrected chi connectivity index (χ1v) is 11.9. The quantitative estimate of drug-likeness (QED) is 0.356. The van der Waals surface area contributed by atoms with Gasteiger partial charge in [0, 0.05) is 18.0 Å². The van der Waals surface area contributed by atoms with Crippen molar-refractivity contribution in [2.45, 2.75) is 51.4 Å². The number of ether oxygens (including phenoxy) is 1. The van der Waals surface area contributed by atoms with Crippen molar-refractivity contribution in [3.63, 3.8) is 0 Å². The summed E-state index contributed by atoms with van der Waals surface area (Å²) in [5, 5.41) is 2.45. The number of hydrogen-bond acceptors (Lipinski definition) is 4. The number of rotatable bonds is 7. The maximum absolute atomic E-state index is 15.3. The lowest BCUT2D eigenvalue weighted by Gasteiger charge is -2.34. The second-order valence-corrected chi connectivity index (χ2v) is 9.29. The van der Waals surface area contributed by atoms with Gasteiger partial charge in [-0.2, -0.15) is 30.7 Å². The van der Waals surface area contributed by atoms with Crippen LogP contribution >= 0.6 is 0 Å². The summed E-state index contributed by atoms with van der Waals surface area (Å²) in [5.41, 5.74) is -5.01. The van der Waals surface area contributed by atoms with Gasteiger partial charge in [0.05, 0.1) is 35.1 Å². The molecule has 0 atom stereocenters. The fraction of sp³-hybridized carbons (Fsp3) is 0.346. The van der Waals surface area contributed by atoms with Gasteiger partial charge in [0.15, 0.2) is 0 Å². The van der Waals surface area contributed by atoms with Gasteiger partial charge in [-0.1, -0.05) is 18.2 Å². The number of carbonyl (C=O) groups is 1. The van der Waals surface area contributed by atoms with E-state index in [0.29, 0.717) is 11.6 Å². The second-order valence-electron chi connectivity index (χ2n) is 9.29. The molecule has 2 aromatic carbocycles. The number of amides is 1. The Morgan fingerprint density at radius 1 is 1.00 bits per heavy atom. The van der Waals surface area contributed by atoms with Gasteiger partial charge >= 0.3 is 12.4 Å². The van der Waals surface area contributed by atoms with Crippen molar-refractivity contribution in [3.8, 4) is 11.4 Å². The van der Waals surface area contributed by atoms with E-state index in [1.165, 1.54) is 12.1 Å². The van der Waals surface area contributed by atoms with Crippen LogP contribution in [0.1, 0.15) is 40.8 Å². The first-order valence-electron chi connectivity index (χ1n) is 11.9. The molecular weight excluding hydrogens is 554 g/mol. The van der Waals surface area contributed by atoms with Gasteiger partial charge in [-0.05, 0) is 43.5 Å². The highest BCUT2D eigenvalue weighted by Crippen LogP contribution is 2.38. The second kappa shape index (κ2) is 11.0. The van der Waals surface area contributed by atoms with Crippen molar-refractivity contribution in [1.82, 2.24) is 15.3 Å². The lowest BCUT2D eigenvalue weighted by atomic mass is 9.81. The molecule has 1 heterocycles. The smallest absolute Gasteiger partial charge is 0.373 e. The summed E-state index contributed by atoms with van der Waals surface area (Å²) < 4.78 is 113. The summed E-state index contributed by atoms with van der Waals surface area (Å²) in [6.07, 6.45) is -9.24. The van der Waals surface area contributed by atoms with Gasteiger partial charge in [-0.15, -0.1) is 0 Å². The van der Waals surface area contributed by atoms with E-state index in [2.05, 4.69) is 10.3 Å². The molecule has 0 aliphatic heterocycles. The summed E-state index contributed by atoms with van der Waals surface area (Å²) in [7, 11) is 0. The highest BCUT2D eigenvalue weighted by Gasteiger charge is 2.38. The maximum Gasteiger partial charge on any atom is 0.417 e. The van der Waals surface area contributed by atoms with Crippen molar-refractivity contribution < 1.29 is 44.7 Å². The standard InChI is InChI=1S/C26H21F8N3O3/c1-12-20(27)24(39)37-22(36-12)19-18(26(32,33)34)7-4-14(21(19)28)10-35-23(38)15-8-17(9-15)40-11-13-2-5-16(6-3-13)25(29,30)31/h2-7,15,17H,8-11H2,1H3,(H,35,38)(H,36,37,39). The van der Waals surface area contributed by atoms with Crippen LogP contribution in [-0.2, 0) is 35.0 Å². The molecule has 1 aliphatic rings. The molecule has 1 aliphatic carbocycles. The third-order valence-electron chi connectivity index (χ3n) is 6.48. The average Bonchev–Trinajstić information content (AvgIpc) is 2.84. The highest BCUT2D eigenvalue weighted by atomic mass is 19.4. The summed E-state index contributed by atoms with van der Waals surface area (Å²) in [6, 6.07) is 5.87. The Morgan fingerprint density at radius 3 is 2.23 bits per heavy atom. The lowest BCUT2D eigenvalue weighted by molar-refractivity contribution is -0.138. The lowest BCUT2D eigenvalue weighted by Crippen LogP contribution is -2.42. The number of H-pyrrole nitrogens is 1. The molecule has 0 saturated heterocycles. The van der Waals surface area contributed by atoms with Crippen LogP contribution in [0.25, 0.3) is 11.4 Å². The van der Waals surface area contributed by atoms with E-state index in [1.54, 1.807) is 0 Å². The zero-order valence-corrected chi connectivity index (χ0v) is 20.6. The first kappa shape index (κ1) is 29.2. The van der Waals surface area contributed by atoms with Crippen LogP contribution in [0.15, 0.2) is 41.2 Å². The van der Waals surface area contributed by atoms with Crippen molar-refractivity contribution in [2.24, 2.45) is 5.92 Å². The van der Waals surface area contributed by atoms with Gasteiger partial charge in [-0.3, -0.25) is 9.59 Å². The minimum atomic E-state index is -5.03. The molecule has 6 nitrogen and oxygen atoms in total. The monoisotopic (exact) mass is 575 g/mol. The fourth-order valence-corrected chi connectivity index (χ4v) is 4.16. The van der Waals surface area contributed by atoms with Crippen LogP contribution in [0.5, 0.6) is 0 Å². The number of carbonyl (C=O) groups excluding carboxylic acids is 1. The minimum absolute atomic E-state index is 0.0374. The molecule has 14 heteroatoms. The van der Waals surface area contributed by atoms with Crippen LogP contribution in [0.2, 0.25) is 0 Å². The van der Waals surface area contributed by atoms with Crippen LogP contribution in [0, 0.1) is 24.5 Å². The van der Waals surface area contributed by atoms with Gasteiger partial charge in [-0.25, -0.2) is 9.37 Å². The van der Waals surface area contributed by atoms with Crippen molar-refractivity contribution in [2.75, 3.05) is 0 Å². The number of aryl methyl sites for hydroxylation is 1. The number of nitrogens with zero attached hydrogens (tertiary/aromatic N) is 1. The van der Waals surface area contributed by atoms with Crippen molar-refractivity contribution in [3.05, 3.63) is 86.3 Å². The number of hydrogen-bond donors (Lipinski definition) is 2. The van der Waals surface area contributed by atoms with Gasteiger partial charge in [0.2, 0.25) is 11.7 Å². The molecule has 2 N–H and O–H groups in total. The van der Waals surface area contributed by atoms with Crippen LogP contribution in [-0.4, -0.2) is 22.0 Å². The van der Waals surface area contributed by atoms with Gasteiger partial charge < -0.3 is 15.0 Å². The normalized spacial score (nSPS) is 17.4. The summed E-state index contributed by atoms with van der Waals surface area (Å²) >= 11 is 0. The molecule has 1 fully saturated rings. The molecule has 40 heavy (non-hydrogen) atoms. The number of benzene rings is 2. The highest BCUT2D eigenvalue weighted by molar-refractivity contribution is 5.79. The molecule has 0 radical (unpaired) electrons. The zero-order chi connectivity index (χ0) is 29.4. The Labute approximate surface area is 221 Å². The molecule has 1 saturated carbocycles. The SMILES string of the molecule is Cc1nc(-c2c(C(F)(F)F)ccc(CNC(=O)C3CC(OCc4ccc(C(F)(F)F)cc4)C3)c2F)[nH]c(=O)c1F. The van der Waals surface area contributed by atoms with E-state index in [0.717, 1.165) is 25.1 Å². The van der Waals surface area contributed by atoms with E-state index >= 15 is 4.39 Å². The molecule has 1 aromatic heterocycles. The topological polar surface area (TPSA) is 84.1 Å².